The van der Waals surface area contributed by atoms with E-state index in [1.54, 1.807) is 5.57 Å². The first-order chi connectivity index (χ1) is 11.4. The second-order valence-electron chi connectivity index (χ2n) is 6.09. The molecule has 0 N–H and O–H groups in total. The fourth-order valence-corrected chi connectivity index (χ4v) is 3.10. The van der Waals surface area contributed by atoms with Gasteiger partial charge in [-0.2, -0.15) is 0 Å². The van der Waals surface area contributed by atoms with E-state index in [0.717, 1.165) is 6.42 Å². The third-order valence-electron chi connectivity index (χ3n) is 4.38. The Hall–Kier alpha value is -2.28. The molecular formula is C22H25N. The lowest BCUT2D eigenvalue weighted by Crippen LogP contribution is -2.17. The van der Waals surface area contributed by atoms with E-state index < -0.39 is 0 Å². The molecule has 0 heterocycles. The number of unbranched alkanes of at least 4 members (excludes halogenated alkanes) is 1. The van der Waals surface area contributed by atoms with Gasteiger partial charge in [-0.1, -0.05) is 61.4 Å². The minimum absolute atomic E-state index is 1.11. The quantitative estimate of drug-likeness (QED) is 0.579. The normalized spacial score (nSPS) is 14.1. The molecule has 0 saturated heterocycles. The van der Waals surface area contributed by atoms with Crippen LogP contribution in [0.1, 0.15) is 39.0 Å². The van der Waals surface area contributed by atoms with E-state index in [1.165, 1.54) is 42.8 Å². The first-order valence-corrected chi connectivity index (χ1v) is 8.67. The van der Waals surface area contributed by atoms with E-state index in [9.17, 15) is 0 Å². The van der Waals surface area contributed by atoms with Crippen molar-refractivity contribution >= 4 is 11.4 Å². The Labute approximate surface area is 140 Å². The number of allylic oxidation sites excluding steroid dienone is 4. The van der Waals surface area contributed by atoms with Gasteiger partial charge in [0.1, 0.15) is 0 Å². The molecule has 0 amide bonds. The highest BCUT2D eigenvalue weighted by atomic mass is 15.1. The van der Waals surface area contributed by atoms with Crippen LogP contribution >= 0.6 is 0 Å². The maximum atomic E-state index is 2.38. The molecule has 0 radical (unpaired) electrons. The van der Waals surface area contributed by atoms with Crippen LogP contribution in [0.3, 0.4) is 0 Å². The lowest BCUT2D eigenvalue weighted by Gasteiger charge is -2.29. The van der Waals surface area contributed by atoms with Gasteiger partial charge in [-0.05, 0) is 56.0 Å². The third-order valence-corrected chi connectivity index (χ3v) is 4.38. The number of para-hydroxylation sites is 2. The molecule has 118 valence electrons. The largest absolute Gasteiger partial charge is 0.314 e. The van der Waals surface area contributed by atoms with Crippen LogP contribution in [0, 0.1) is 0 Å². The van der Waals surface area contributed by atoms with Crippen LogP contribution in [0.2, 0.25) is 0 Å². The maximum absolute atomic E-state index is 2.38. The van der Waals surface area contributed by atoms with E-state index >= 15 is 0 Å². The van der Waals surface area contributed by atoms with Crippen molar-refractivity contribution in [2.75, 3.05) is 4.90 Å². The molecule has 0 atom stereocenters. The van der Waals surface area contributed by atoms with Crippen LogP contribution in [0.4, 0.5) is 11.4 Å². The van der Waals surface area contributed by atoms with Crippen molar-refractivity contribution in [2.45, 2.75) is 39.0 Å². The summed E-state index contributed by atoms with van der Waals surface area (Å²) in [4.78, 5) is 2.38. The van der Waals surface area contributed by atoms with Gasteiger partial charge in [0.2, 0.25) is 0 Å². The zero-order valence-electron chi connectivity index (χ0n) is 13.9. The Kier molecular flexibility index (Phi) is 5.31. The van der Waals surface area contributed by atoms with Crippen molar-refractivity contribution in [1.29, 1.82) is 0 Å². The minimum Gasteiger partial charge on any atom is -0.314 e. The van der Waals surface area contributed by atoms with Crippen molar-refractivity contribution in [3.05, 3.63) is 84.1 Å². The highest BCUT2D eigenvalue weighted by Gasteiger charge is 2.16. The zero-order valence-corrected chi connectivity index (χ0v) is 13.9. The van der Waals surface area contributed by atoms with Gasteiger partial charge in [0.15, 0.2) is 0 Å². The number of anilines is 2. The summed E-state index contributed by atoms with van der Waals surface area (Å²) in [5, 5.41) is 0. The number of rotatable bonds is 6. The summed E-state index contributed by atoms with van der Waals surface area (Å²) in [5.74, 6) is 0. The molecule has 1 aliphatic rings. The average Bonchev–Trinajstić information content (AvgIpc) is 2.63. The zero-order chi connectivity index (χ0) is 15.9. The summed E-state index contributed by atoms with van der Waals surface area (Å²) < 4.78 is 0. The average molecular weight is 303 g/mol. The molecule has 0 unspecified atom stereocenters. The highest BCUT2D eigenvalue weighted by Crippen LogP contribution is 2.34. The second-order valence-corrected chi connectivity index (χ2v) is 6.09. The SMILES string of the molecule is CCCCC1=CC=C(N(c2ccccc2)c2ccccc2)CC1. The summed E-state index contributed by atoms with van der Waals surface area (Å²) >= 11 is 0. The van der Waals surface area contributed by atoms with E-state index in [4.69, 9.17) is 0 Å². The van der Waals surface area contributed by atoms with Crippen LogP contribution < -0.4 is 4.90 Å². The molecule has 0 aromatic heterocycles. The van der Waals surface area contributed by atoms with Crippen molar-refractivity contribution < 1.29 is 0 Å². The first kappa shape index (κ1) is 15.6. The summed E-state index contributed by atoms with van der Waals surface area (Å²) in [6, 6.07) is 21.3. The summed E-state index contributed by atoms with van der Waals surface area (Å²) in [5.41, 5.74) is 5.44. The molecule has 0 fully saturated rings. The van der Waals surface area contributed by atoms with Crippen molar-refractivity contribution in [3.8, 4) is 0 Å². The Morgan fingerprint density at radius 1 is 0.783 bits per heavy atom. The Morgan fingerprint density at radius 3 is 1.87 bits per heavy atom. The second kappa shape index (κ2) is 7.82. The number of benzene rings is 2. The maximum Gasteiger partial charge on any atom is 0.0458 e. The summed E-state index contributed by atoms with van der Waals surface area (Å²) in [6.45, 7) is 2.26. The molecule has 3 rings (SSSR count). The highest BCUT2D eigenvalue weighted by molar-refractivity contribution is 5.68. The van der Waals surface area contributed by atoms with E-state index in [-0.39, 0.29) is 0 Å². The van der Waals surface area contributed by atoms with Crippen molar-refractivity contribution in [2.24, 2.45) is 0 Å². The number of hydrogen-bond donors (Lipinski definition) is 0. The van der Waals surface area contributed by atoms with Crippen molar-refractivity contribution in [3.63, 3.8) is 0 Å². The van der Waals surface area contributed by atoms with Crippen molar-refractivity contribution in [1.82, 2.24) is 0 Å². The molecule has 0 aliphatic heterocycles. The number of hydrogen-bond acceptors (Lipinski definition) is 1. The van der Waals surface area contributed by atoms with Gasteiger partial charge in [-0.25, -0.2) is 0 Å². The van der Waals surface area contributed by atoms with Gasteiger partial charge < -0.3 is 4.90 Å². The molecule has 1 aliphatic carbocycles. The van der Waals surface area contributed by atoms with Gasteiger partial charge in [0.05, 0.1) is 0 Å². The smallest absolute Gasteiger partial charge is 0.0458 e. The molecule has 1 nitrogen and oxygen atoms in total. The fourth-order valence-electron chi connectivity index (χ4n) is 3.10. The Bertz CT molecular complexity index is 628. The molecule has 1 heteroatoms. The van der Waals surface area contributed by atoms with E-state index in [1.807, 2.05) is 0 Å². The monoisotopic (exact) mass is 303 g/mol. The fraction of sp³-hybridized carbons (Fsp3) is 0.273. The van der Waals surface area contributed by atoms with Gasteiger partial charge in [0, 0.05) is 17.1 Å². The number of nitrogens with zero attached hydrogens (tertiary/aromatic N) is 1. The van der Waals surface area contributed by atoms with Gasteiger partial charge >= 0.3 is 0 Å². The lowest BCUT2D eigenvalue weighted by atomic mass is 9.97. The predicted octanol–water partition coefficient (Wildman–Crippen LogP) is 6.62. The Balaban J connectivity index is 1.91. The molecular weight excluding hydrogens is 278 g/mol. The van der Waals surface area contributed by atoms with Crippen LogP contribution in [0.25, 0.3) is 0 Å². The van der Waals surface area contributed by atoms with Crippen LogP contribution in [0.15, 0.2) is 84.1 Å². The minimum atomic E-state index is 1.11. The topological polar surface area (TPSA) is 3.24 Å². The molecule has 2 aromatic rings. The van der Waals surface area contributed by atoms with Crippen LogP contribution in [-0.2, 0) is 0 Å². The third kappa shape index (κ3) is 3.92. The van der Waals surface area contributed by atoms with E-state index in [2.05, 4.69) is 84.6 Å². The molecule has 0 bridgehead atoms. The molecule has 0 saturated carbocycles. The van der Waals surface area contributed by atoms with Crippen LogP contribution in [-0.4, -0.2) is 0 Å². The molecule has 0 spiro atoms. The van der Waals surface area contributed by atoms with Gasteiger partial charge in [-0.15, -0.1) is 0 Å². The molecule has 2 aromatic carbocycles. The summed E-state index contributed by atoms with van der Waals surface area (Å²) in [7, 11) is 0. The standard InChI is InChI=1S/C22H25N/c1-2-3-10-19-15-17-22(18-16-19)23(20-11-6-4-7-12-20)21-13-8-5-9-14-21/h4-9,11-15,17H,2-3,10,16,18H2,1H3. The van der Waals surface area contributed by atoms with Crippen LogP contribution in [0.5, 0.6) is 0 Å². The predicted molar refractivity (Wildman–Crippen MR) is 99.9 cm³/mol. The first-order valence-electron chi connectivity index (χ1n) is 8.67. The van der Waals surface area contributed by atoms with E-state index in [0.29, 0.717) is 0 Å². The summed E-state index contributed by atoms with van der Waals surface area (Å²) in [6.07, 6.45) is 10.8. The molecule has 23 heavy (non-hydrogen) atoms. The Morgan fingerprint density at radius 2 is 1.39 bits per heavy atom. The lowest BCUT2D eigenvalue weighted by molar-refractivity contribution is 0.737. The van der Waals surface area contributed by atoms with Gasteiger partial charge in [0.25, 0.3) is 0 Å². The van der Waals surface area contributed by atoms with Gasteiger partial charge in [-0.3, -0.25) is 0 Å².